The Balaban J connectivity index is 1.84. The molecule has 7 nitrogen and oxygen atoms in total. The van der Waals surface area contributed by atoms with Crippen LogP contribution < -0.4 is 10.5 Å². The quantitative estimate of drug-likeness (QED) is 0.789. The Morgan fingerprint density at radius 1 is 1.25 bits per heavy atom. The summed E-state index contributed by atoms with van der Waals surface area (Å²) < 4.78 is 3.62. The Morgan fingerprint density at radius 3 is 2.71 bits per heavy atom. The summed E-state index contributed by atoms with van der Waals surface area (Å²) in [4.78, 5) is 30.3. The molecule has 0 aromatic carbocycles. The van der Waals surface area contributed by atoms with Crippen LogP contribution in [0, 0.1) is 0 Å². The van der Waals surface area contributed by atoms with E-state index in [0.29, 0.717) is 17.5 Å². The molecule has 24 heavy (non-hydrogen) atoms. The Kier molecular flexibility index (Phi) is 4.75. The number of piperidine rings is 1. The van der Waals surface area contributed by atoms with Crippen LogP contribution in [-0.4, -0.2) is 37.0 Å². The number of nitrogens with zero attached hydrogens (tertiary/aromatic N) is 5. The molecule has 8 heteroatoms. The van der Waals surface area contributed by atoms with Crippen molar-refractivity contribution in [2.24, 2.45) is 7.05 Å². The van der Waals surface area contributed by atoms with Gasteiger partial charge in [0.25, 0.3) is 5.56 Å². The largest absolute Gasteiger partial charge is 0.325 e. The zero-order chi connectivity index (χ0) is 17.3. The fourth-order valence-electron chi connectivity index (χ4n) is 2.73. The molecule has 3 heterocycles. The summed E-state index contributed by atoms with van der Waals surface area (Å²) >= 11 is 1.37. The number of anilines is 1. The summed E-state index contributed by atoms with van der Waals surface area (Å²) in [6.45, 7) is 4.73. The molecule has 1 aliphatic heterocycles. The van der Waals surface area contributed by atoms with E-state index >= 15 is 0 Å². The number of carbonyl (C=O) groups is 1. The van der Waals surface area contributed by atoms with Crippen LogP contribution in [0.4, 0.5) is 5.82 Å². The monoisotopic (exact) mass is 347 g/mol. The molecule has 1 fully saturated rings. The molecular formula is C16H21N5O2S. The first kappa shape index (κ1) is 16.8. The molecule has 1 amide bonds. The van der Waals surface area contributed by atoms with E-state index in [9.17, 15) is 9.59 Å². The second-order valence-electron chi connectivity index (χ2n) is 6.14. The highest BCUT2D eigenvalue weighted by Gasteiger charge is 2.32. The van der Waals surface area contributed by atoms with E-state index in [4.69, 9.17) is 0 Å². The summed E-state index contributed by atoms with van der Waals surface area (Å²) in [5, 5.41) is 4.67. The first-order valence-electron chi connectivity index (χ1n) is 8.02. The van der Waals surface area contributed by atoms with Gasteiger partial charge in [-0.15, -0.1) is 0 Å². The summed E-state index contributed by atoms with van der Waals surface area (Å²) in [7, 11) is 1.83. The van der Waals surface area contributed by atoms with Crippen molar-refractivity contribution in [1.29, 1.82) is 0 Å². The first-order chi connectivity index (χ1) is 11.5. The van der Waals surface area contributed by atoms with Gasteiger partial charge in [-0.05, 0) is 26.7 Å². The van der Waals surface area contributed by atoms with Gasteiger partial charge in [-0.1, -0.05) is 11.8 Å². The zero-order valence-corrected chi connectivity index (χ0v) is 14.9. The molecule has 1 unspecified atom stereocenters. The van der Waals surface area contributed by atoms with Crippen LogP contribution >= 0.6 is 11.8 Å². The molecule has 0 radical (unpaired) electrons. The molecule has 0 saturated carbocycles. The number of thioether (sulfide) groups is 1. The van der Waals surface area contributed by atoms with E-state index in [0.717, 1.165) is 12.8 Å². The fourth-order valence-corrected chi connectivity index (χ4v) is 4.03. The van der Waals surface area contributed by atoms with Crippen molar-refractivity contribution < 1.29 is 4.79 Å². The molecule has 2 aromatic heterocycles. The van der Waals surface area contributed by atoms with E-state index in [-0.39, 0.29) is 22.8 Å². The van der Waals surface area contributed by atoms with Gasteiger partial charge in [-0.25, -0.2) is 0 Å². The van der Waals surface area contributed by atoms with Gasteiger partial charge >= 0.3 is 0 Å². The van der Waals surface area contributed by atoms with Crippen LogP contribution in [0.15, 0.2) is 34.5 Å². The number of rotatable bonds is 4. The van der Waals surface area contributed by atoms with Gasteiger partial charge in [-0.3, -0.25) is 19.2 Å². The van der Waals surface area contributed by atoms with Gasteiger partial charge in [0.2, 0.25) is 5.91 Å². The summed E-state index contributed by atoms with van der Waals surface area (Å²) in [6.07, 6.45) is 5.25. The average Bonchev–Trinajstić information content (AvgIpc) is 2.95. The lowest BCUT2D eigenvalue weighted by Crippen LogP contribution is -2.43. The van der Waals surface area contributed by atoms with Gasteiger partial charge in [-0.2, -0.15) is 10.1 Å². The van der Waals surface area contributed by atoms with Gasteiger partial charge in [0.05, 0.1) is 5.25 Å². The molecule has 2 aromatic rings. The maximum atomic E-state index is 12.8. The van der Waals surface area contributed by atoms with Crippen molar-refractivity contribution in [1.82, 2.24) is 19.3 Å². The van der Waals surface area contributed by atoms with Gasteiger partial charge < -0.3 is 4.57 Å². The van der Waals surface area contributed by atoms with Crippen LogP contribution in [0.25, 0.3) is 0 Å². The number of aryl methyl sites for hydroxylation is 1. The van der Waals surface area contributed by atoms with E-state index in [2.05, 4.69) is 10.1 Å². The predicted molar refractivity (Wildman–Crippen MR) is 93.3 cm³/mol. The molecule has 0 aliphatic carbocycles. The van der Waals surface area contributed by atoms with Crippen LogP contribution in [0.1, 0.15) is 32.7 Å². The second kappa shape index (κ2) is 6.80. The van der Waals surface area contributed by atoms with Gasteiger partial charge in [0.1, 0.15) is 0 Å². The van der Waals surface area contributed by atoms with Crippen molar-refractivity contribution in [2.45, 2.75) is 43.1 Å². The van der Waals surface area contributed by atoms with E-state index < -0.39 is 0 Å². The molecule has 0 bridgehead atoms. The molecule has 3 rings (SSSR count). The highest BCUT2D eigenvalue weighted by Crippen LogP contribution is 2.31. The Hall–Kier alpha value is -2.09. The van der Waals surface area contributed by atoms with Crippen molar-refractivity contribution in [2.75, 3.05) is 11.4 Å². The highest BCUT2D eigenvalue weighted by atomic mass is 32.2. The Labute approximate surface area is 144 Å². The van der Waals surface area contributed by atoms with Crippen LogP contribution in [0.2, 0.25) is 0 Å². The standard InChI is InChI=1S/C16H21N5O2S/c1-11(2)20-10-7-14(22)17-16(20)24-12-5-4-8-21(15(12)23)13-6-9-19(3)18-13/h6-7,9-12H,4-5,8H2,1-3H3. The van der Waals surface area contributed by atoms with Crippen molar-refractivity contribution in [3.05, 3.63) is 34.9 Å². The topological polar surface area (TPSA) is 73.0 Å². The second-order valence-corrected chi connectivity index (χ2v) is 7.31. The molecule has 1 aliphatic rings. The predicted octanol–water partition coefficient (Wildman–Crippen LogP) is 1.85. The Bertz CT molecular complexity index is 798. The minimum Gasteiger partial charge on any atom is -0.325 e. The van der Waals surface area contributed by atoms with Gasteiger partial charge in [0, 0.05) is 44.2 Å². The lowest BCUT2D eigenvalue weighted by atomic mass is 10.1. The van der Waals surface area contributed by atoms with Crippen LogP contribution in [-0.2, 0) is 11.8 Å². The molecule has 0 spiro atoms. The highest BCUT2D eigenvalue weighted by molar-refractivity contribution is 8.00. The van der Waals surface area contributed by atoms with Crippen molar-refractivity contribution >= 4 is 23.5 Å². The summed E-state index contributed by atoms with van der Waals surface area (Å²) in [5.74, 6) is 0.702. The number of aromatic nitrogens is 4. The number of hydrogen-bond donors (Lipinski definition) is 0. The first-order valence-corrected chi connectivity index (χ1v) is 8.90. The SMILES string of the molecule is CC(C)n1ccc(=O)nc1SC1CCCN(c2ccn(C)n2)C1=O. The summed E-state index contributed by atoms with van der Waals surface area (Å²) in [5.41, 5.74) is -0.278. The maximum absolute atomic E-state index is 12.8. The van der Waals surface area contributed by atoms with Crippen molar-refractivity contribution in [3.63, 3.8) is 0 Å². The molecule has 1 saturated heterocycles. The minimum atomic E-state index is -0.278. The number of amides is 1. The van der Waals surface area contributed by atoms with E-state index in [1.54, 1.807) is 15.8 Å². The maximum Gasteiger partial charge on any atom is 0.273 e. The third-order valence-corrected chi connectivity index (χ3v) is 5.21. The minimum absolute atomic E-state index is 0.0263. The lowest BCUT2D eigenvalue weighted by molar-refractivity contribution is -0.119. The smallest absolute Gasteiger partial charge is 0.273 e. The third kappa shape index (κ3) is 3.38. The normalized spacial score (nSPS) is 18.4. The average molecular weight is 347 g/mol. The molecule has 0 N–H and O–H groups in total. The molecule has 1 atom stereocenters. The molecule has 128 valence electrons. The van der Waals surface area contributed by atoms with E-state index in [1.807, 2.05) is 37.7 Å². The van der Waals surface area contributed by atoms with Crippen LogP contribution in [0.5, 0.6) is 0 Å². The van der Waals surface area contributed by atoms with Crippen molar-refractivity contribution in [3.8, 4) is 0 Å². The summed E-state index contributed by atoms with van der Waals surface area (Å²) in [6, 6.07) is 3.47. The van der Waals surface area contributed by atoms with Crippen LogP contribution in [0.3, 0.4) is 0 Å². The number of hydrogen-bond acceptors (Lipinski definition) is 5. The van der Waals surface area contributed by atoms with Gasteiger partial charge in [0.15, 0.2) is 11.0 Å². The Morgan fingerprint density at radius 2 is 2.04 bits per heavy atom. The third-order valence-electron chi connectivity index (χ3n) is 3.97. The number of carbonyl (C=O) groups excluding carboxylic acids is 1. The zero-order valence-electron chi connectivity index (χ0n) is 14.0. The molecular weight excluding hydrogens is 326 g/mol. The van der Waals surface area contributed by atoms with E-state index in [1.165, 1.54) is 17.8 Å². The fraction of sp³-hybridized carbons (Fsp3) is 0.500. The lowest BCUT2D eigenvalue weighted by Gasteiger charge is -2.30.